The van der Waals surface area contributed by atoms with Crippen molar-refractivity contribution < 1.29 is 0 Å². The zero-order valence-corrected chi connectivity index (χ0v) is 9.47. The van der Waals surface area contributed by atoms with E-state index in [-0.39, 0.29) is 6.04 Å². The molecule has 80 valence electrons. The van der Waals surface area contributed by atoms with Crippen LogP contribution in [0.1, 0.15) is 45.5 Å². The van der Waals surface area contributed by atoms with Crippen LogP contribution >= 0.6 is 0 Å². The first-order chi connectivity index (χ1) is 7.09. The summed E-state index contributed by atoms with van der Waals surface area (Å²) in [4.78, 5) is 8.73. The third-order valence-electron chi connectivity index (χ3n) is 2.24. The molecule has 0 aliphatic heterocycles. The number of hydrogen-bond acceptors (Lipinski definition) is 4. The van der Waals surface area contributed by atoms with Crippen LogP contribution in [-0.4, -0.2) is 25.0 Å². The maximum atomic E-state index is 4.48. The first kappa shape index (κ1) is 10.0. The van der Waals surface area contributed by atoms with E-state index in [0.29, 0.717) is 5.92 Å². The SMILES string of the molecule is CC(C)c1ncc2nnn(C(C)C)c2n1. The van der Waals surface area contributed by atoms with Crippen LogP contribution in [0, 0.1) is 0 Å². The van der Waals surface area contributed by atoms with E-state index >= 15 is 0 Å². The Balaban J connectivity index is 2.61. The zero-order chi connectivity index (χ0) is 11.0. The lowest BCUT2D eigenvalue weighted by Gasteiger charge is -2.06. The first-order valence-corrected chi connectivity index (χ1v) is 5.17. The monoisotopic (exact) mass is 205 g/mol. The van der Waals surface area contributed by atoms with E-state index in [1.54, 1.807) is 6.20 Å². The van der Waals surface area contributed by atoms with Crippen molar-refractivity contribution in [1.82, 2.24) is 25.0 Å². The van der Waals surface area contributed by atoms with Crippen molar-refractivity contribution in [3.63, 3.8) is 0 Å². The Morgan fingerprint density at radius 2 is 1.93 bits per heavy atom. The lowest BCUT2D eigenvalue weighted by Crippen LogP contribution is -2.05. The fourth-order valence-corrected chi connectivity index (χ4v) is 1.38. The summed E-state index contributed by atoms with van der Waals surface area (Å²) in [5.74, 6) is 1.16. The van der Waals surface area contributed by atoms with Crippen LogP contribution in [0.3, 0.4) is 0 Å². The molecular weight excluding hydrogens is 190 g/mol. The van der Waals surface area contributed by atoms with Crippen molar-refractivity contribution in [1.29, 1.82) is 0 Å². The second-order valence-corrected chi connectivity index (χ2v) is 4.22. The van der Waals surface area contributed by atoms with Crippen molar-refractivity contribution >= 4 is 11.2 Å². The average molecular weight is 205 g/mol. The summed E-state index contributed by atoms with van der Waals surface area (Å²) < 4.78 is 1.82. The number of fused-ring (bicyclic) bond motifs is 1. The highest BCUT2D eigenvalue weighted by Gasteiger charge is 2.11. The summed E-state index contributed by atoms with van der Waals surface area (Å²) >= 11 is 0. The molecule has 0 aliphatic rings. The molecule has 2 rings (SSSR count). The van der Waals surface area contributed by atoms with E-state index in [1.165, 1.54) is 0 Å². The Bertz CT molecular complexity index is 472. The van der Waals surface area contributed by atoms with Gasteiger partial charge in [-0.15, -0.1) is 5.10 Å². The molecule has 0 N–H and O–H groups in total. The molecule has 2 aromatic heterocycles. The molecule has 0 bridgehead atoms. The van der Waals surface area contributed by atoms with Crippen LogP contribution in [0.15, 0.2) is 6.20 Å². The molecule has 2 aromatic rings. The van der Waals surface area contributed by atoms with Gasteiger partial charge in [-0.25, -0.2) is 14.6 Å². The minimum Gasteiger partial charge on any atom is -0.239 e. The molecule has 0 atom stereocenters. The second kappa shape index (κ2) is 3.56. The van der Waals surface area contributed by atoms with Crippen molar-refractivity contribution in [2.75, 3.05) is 0 Å². The van der Waals surface area contributed by atoms with E-state index in [0.717, 1.165) is 17.0 Å². The van der Waals surface area contributed by atoms with Crippen LogP contribution in [0.5, 0.6) is 0 Å². The molecular formula is C10H15N5. The highest BCUT2D eigenvalue weighted by Crippen LogP contribution is 2.15. The van der Waals surface area contributed by atoms with Crippen LogP contribution in [0.2, 0.25) is 0 Å². The third-order valence-corrected chi connectivity index (χ3v) is 2.24. The Kier molecular flexibility index (Phi) is 2.38. The quantitative estimate of drug-likeness (QED) is 0.751. The second-order valence-electron chi connectivity index (χ2n) is 4.22. The van der Waals surface area contributed by atoms with Gasteiger partial charge in [-0.3, -0.25) is 0 Å². The zero-order valence-electron chi connectivity index (χ0n) is 9.47. The third kappa shape index (κ3) is 1.69. The van der Waals surface area contributed by atoms with Gasteiger partial charge in [0.1, 0.15) is 5.82 Å². The summed E-state index contributed by atoms with van der Waals surface area (Å²) in [7, 11) is 0. The van der Waals surface area contributed by atoms with Crippen molar-refractivity contribution in [3.05, 3.63) is 12.0 Å². The molecule has 0 saturated heterocycles. The molecule has 2 heterocycles. The summed E-state index contributed by atoms with van der Waals surface area (Å²) in [6.07, 6.45) is 1.74. The summed E-state index contributed by atoms with van der Waals surface area (Å²) in [6, 6.07) is 0.268. The maximum Gasteiger partial charge on any atom is 0.182 e. The summed E-state index contributed by atoms with van der Waals surface area (Å²) in [5.41, 5.74) is 1.58. The standard InChI is InChI=1S/C10H15N5/c1-6(2)9-11-5-8-10(12-9)15(7(3)4)14-13-8/h5-7H,1-4H3. The normalized spacial score (nSPS) is 11.9. The molecule has 0 amide bonds. The van der Waals surface area contributed by atoms with Gasteiger partial charge in [-0.2, -0.15) is 0 Å². The molecule has 0 unspecified atom stereocenters. The Labute approximate surface area is 88.5 Å². The molecule has 0 aliphatic carbocycles. The van der Waals surface area contributed by atoms with Gasteiger partial charge < -0.3 is 0 Å². The van der Waals surface area contributed by atoms with Gasteiger partial charge in [0.25, 0.3) is 0 Å². The van der Waals surface area contributed by atoms with Crippen molar-refractivity contribution in [2.45, 2.75) is 39.7 Å². The highest BCUT2D eigenvalue weighted by atomic mass is 15.5. The maximum absolute atomic E-state index is 4.48. The van der Waals surface area contributed by atoms with Crippen molar-refractivity contribution in [2.24, 2.45) is 0 Å². The average Bonchev–Trinajstić information content (AvgIpc) is 2.59. The molecule has 5 heteroatoms. The molecule has 5 nitrogen and oxygen atoms in total. The smallest absolute Gasteiger partial charge is 0.182 e. The van der Waals surface area contributed by atoms with Gasteiger partial charge in [0, 0.05) is 5.92 Å². The number of hydrogen-bond donors (Lipinski definition) is 0. The topological polar surface area (TPSA) is 56.5 Å². The van der Waals surface area contributed by atoms with Crippen LogP contribution < -0.4 is 0 Å². The van der Waals surface area contributed by atoms with E-state index in [2.05, 4.69) is 48.0 Å². The predicted molar refractivity (Wildman–Crippen MR) is 57.6 cm³/mol. The molecule has 0 aromatic carbocycles. The summed E-state index contributed by atoms with van der Waals surface area (Å²) in [6.45, 7) is 8.27. The minimum absolute atomic E-state index is 0.268. The van der Waals surface area contributed by atoms with E-state index in [9.17, 15) is 0 Å². The lowest BCUT2D eigenvalue weighted by molar-refractivity contribution is 0.525. The molecule has 0 spiro atoms. The van der Waals surface area contributed by atoms with Gasteiger partial charge >= 0.3 is 0 Å². The largest absolute Gasteiger partial charge is 0.239 e. The van der Waals surface area contributed by atoms with E-state index in [4.69, 9.17) is 0 Å². The number of nitrogens with zero attached hydrogens (tertiary/aromatic N) is 5. The Morgan fingerprint density at radius 3 is 2.53 bits per heavy atom. The van der Waals surface area contributed by atoms with Gasteiger partial charge in [0.15, 0.2) is 11.2 Å². The fourth-order valence-electron chi connectivity index (χ4n) is 1.38. The van der Waals surface area contributed by atoms with Gasteiger partial charge in [0.05, 0.1) is 12.2 Å². The highest BCUT2D eigenvalue weighted by molar-refractivity contribution is 5.68. The van der Waals surface area contributed by atoms with Gasteiger partial charge in [-0.1, -0.05) is 19.1 Å². The van der Waals surface area contributed by atoms with E-state index < -0.39 is 0 Å². The predicted octanol–water partition coefficient (Wildman–Crippen LogP) is 1.93. The van der Waals surface area contributed by atoms with E-state index in [1.807, 2.05) is 4.68 Å². The molecule has 0 fully saturated rings. The minimum atomic E-state index is 0.268. The molecule has 0 radical (unpaired) electrons. The number of aromatic nitrogens is 5. The Morgan fingerprint density at radius 1 is 1.20 bits per heavy atom. The molecule has 15 heavy (non-hydrogen) atoms. The Hall–Kier alpha value is -1.52. The fraction of sp³-hybridized carbons (Fsp3) is 0.600. The van der Waals surface area contributed by atoms with Gasteiger partial charge in [-0.05, 0) is 13.8 Å². The lowest BCUT2D eigenvalue weighted by atomic mass is 10.2. The molecule has 0 saturated carbocycles. The van der Waals surface area contributed by atoms with Crippen LogP contribution in [0.25, 0.3) is 11.2 Å². The van der Waals surface area contributed by atoms with Crippen LogP contribution in [-0.2, 0) is 0 Å². The van der Waals surface area contributed by atoms with Crippen molar-refractivity contribution in [3.8, 4) is 0 Å². The summed E-state index contributed by atoms with van der Waals surface area (Å²) in [5, 5.41) is 8.09. The number of rotatable bonds is 2. The van der Waals surface area contributed by atoms with Gasteiger partial charge in [0.2, 0.25) is 0 Å². The van der Waals surface area contributed by atoms with Crippen LogP contribution in [0.4, 0.5) is 0 Å². The first-order valence-electron chi connectivity index (χ1n) is 5.17.